The number of hydroxylamine groups is 1. The Morgan fingerprint density at radius 1 is 1.26 bits per heavy atom. The fraction of sp³-hybridized carbons (Fsp3) is 0.895. The number of carbonyl (C=O) groups excluding carboxylic acids is 2. The summed E-state index contributed by atoms with van der Waals surface area (Å²) in [6.07, 6.45) is 3.93. The minimum atomic E-state index is -1.19. The zero-order valence-corrected chi connectivity index (χ0v) is 16.9. The molecule has 1 aliphatic rings. The van der Waals surface area contributed by atoms with Gasteiger partial charge in [0.05, 0.1) is 12.6 Å². The second-order valence-corrected chi connectivity index (χ2v) is 7.81. The van der Waals surface area contributed by atoms with E-state index in [0.29, 0.717) is 13.0 Å². The molecule has 0 aromatic rings. The zero-order valence-electron chi connectivity index (χ0n) is 16.9. The van der Waals surface area contributed by atoms with Crippen LogP contribution in [0.15, 0.2) is 0 Å². The molecule has 0 aromatic carbocycles. The van der Waals surface area contributed by atoms with E-state index in [9.17, 15) is 19.8 Å². The molecule has 1 rings (SSSR count). The Bertz CT molecular complexity index is 461. The van der Waals surface area contributed by atoms with Gasteiger partial charge in [0.15, 0.2) is 0 Å². The Morgan fingerprint density at radius 2 is 1.96 bits per heavy atom. The van der Waals surface area contributed by atoms with Crippen LogP contribution in [0.5, 0.6) is 0 Å². The Hall–Kier alpha value is -1.22. The van der Waals surface area contributed by atoms with Gasteiger partial charge < -0.3 is 25.6 Å². The lowest BCUT2D eigenvalue weighted by atomic mass is 9.94. The highest BCUT2D eigenvalue weighted by Gasteiger charge is 2.36. The van der Waals surface area contributed by atoms with Gasteiger partial charge in [0.25, 0.3) is 0 Å². The molecule has 158 valence electrons. The van der Waals surface area contributed by atoms with E-state index in [1.54, 1.807) is 10.4 Å². The summed E-state index contributed by atoms with van der Waals surface area (Å²) in [6.45, 7) is 6.35. The normalized spacial score (nSPS) is 20.6. The van der Waals surface area contributed by atoms with Crippen molar-refractivity contribution in [1.29, 1.82) is 0 Å². The molecule has 27 heavy (non-hydrogen) atoms. The van der Waals surface area contributed by atoms with Crippen LogP contribution in [-0.2, 0) is 9.59 Å². The maximum absolute atomic E-state index is 13.0. The lowest BCUT2D eigenvalue weighted by molar-refractivity contribution is -0.140. The van der Waals surface area contributed by atoms with Crippen molar-refractivity contribution < 1.29 is 25.0 Å². The molecule has 1 fully saturated rings. The smallest absolute Gasteiger partial charge is 0.245 e. The number of aliphatic hydroxyl groups excluding tert-OH is 2. The molecule has 1 heterocycles. The first kappa shape index (κ1) is 23.8. The van der Waals surface area contributed by atoms with Gasteiger partial charge in [-0.1, -0.05) is 40.0 Å². The number of carbonyl (C=O) groups is 2. The van der Waals surface area contributed by atoms with E-state index in [4.69, 9.17) is 5.21 Å². The van der Waals surface area contributed by atoms with E-state index in [1.807, 2.05) is 13.8 Å². The molecular formula is C19H37N3O5. The standard InChI is InChI=1S/C19H37N3O5/c1-4-5-6-8-14(11-16(24)21-27)18(25)20-17(13(2)3)19(26)22-10-7-9-15(22)12-23/h13-17,21,23-24,27H,4-12H2,1-3H3,(H,20,25). The molecule has 1 saturated heterocycles. The third-order valence-corrected chi connectivity index (χ3v) is 5.29. The van der Waals surface area contributed by atoms with E-state index >= 15 is 0 Å². The third kappa shape index (κ3) is 7.37. The summed E-state index contributed by atoms with van der Waals surface area (Å²) in [4.78, 5) is 27.4. The number of nitrogens with zero attached hydrogens (tertiary/aromatic N) is 1. The van der Waals surface area contributed by atoms with Crippen molar-refractivity contribution in [2.45, 2.75) is 84.0 Å². The maximum atomic E-state index is 13.0. The van der Waals surface area contributed by atoms with Crippen LogP contribution in [0.3, 0.4) is 0 Å². The molecule has 1 aliphatic heterocycles. The van der Waals surface area contributed by atoms with Gasteiger partial charge in [0.1, 0.15) is 12.3 Å². The monoisotopic (exact) mass is 387 g/mol. The molecule has 0 radical (unpaired) electrons. The van der Waals surface area contributed by atoms with Crippen molar-refractivity contribution in [2.24, 2.45) is 11.8 Å². The Labute approximate surface area is 162 Å². The third-order valence-electron chi connectivity index (χ3n) is 5.29. The molecule has 2 amide bonds. The number of rotatable bonds is 12. The van der Waals surface area contributed by atoms with E-state index in [1.165, 1.54) is 0 Å². The van der Waals surface area contributed by atoms with Crippen LogP contribution in [-0.4, -0.2) is 63.6 Å². The Kier molecular flexibility index (Phi) is 10.8. The molecule has 8 nitrogen and oxygen atoms in total. The van der Waals surface area contributed by atoms with Crippen molar-refractivity contribution in [3.05, 3.63) is 0 Å². The Morgan fingerprint density at radius 3 is 2.52 bits per heavy atom. The second-order valence-electron chi connectivity index (χ2n) is 7.81. The molecule has 0 spiro atoms. The summed E-state index contributed by atoms with van der Waals surface area (Å²) in [6, 6.07) is -0.853. The second kappa shape index (κ2) is 12.3. The largest absolute Gasteiger partial charge is 0.394 e. The van der Waals surface area contributed by atoms with Crippen LogP contribution in [0.2, 0.25) is 0 Å². The minimum absolute atomic E-state index is 0.0709. The maximum Gasteiger partial charge on any atom is 0.245 e. The quantitative estimate of drug-likeness (QED) is 0.193. The Balaban J connectivity index is 2.81. The van der Waals surface area contributed by atoms with Gasteiger partial charge in [-0.2, -0.15) is 5.48 Å². The molecule has 0 aromatic heterocycles. The van der Waals surface area contributed by atoms with Gasteiger partial charge >= 0.3 is 0 Å². The van der Waals surface area contributed by atoms with Crippen molar-refractivity contribution in [3.63, 3.8) is 0 Å². The summed E-state index contributed by atoms with van der Waals surface area (Å²) in [5.41, 5.74) is 1.77. The molecule has 0 saturated carbocycles. The summed E-state index contributed by atoms with van der Waals surface area (Å²) in [5.74, 6) is -1.04. The first-order chi connectivity index (χ1) is 12.8. The lowest BCUT2D eigenvalue weighted by Gasteiger charge is -2.31. The van der Waals surface area contributed by atoms with Crippen LogP contribution >= 0.6 is 0 Å². The van der Waals surface area contributed by atoms with Gasteiger partial charge in [-0.05, 0) is 25.2 Å². The lowest BCUT2D eigenvalue weighted by Crippen LogP contribution is -2.54. The fourth-order valence-corrected chi connectivity index (χ4v) is 3.60. The molecule has 8 heteroatoms. The molecule has 5 N–H and O–H groups in total. The zero-order chi connectivity index (χ0) is 20.4. The summed E-state index contributed by atoms with van der Waals surface area (Å²) < 4.78 is 0. The van der Waals surface area contributed by atoms with Crippen LogP contribution in [0.25, 0.3) is 0 Å². The number of hydrogen-bond acceptors (Lipinski definition) is 6. The number of unbranched alkanes of at least 4 members (excludes halogenated alkanes) is 2. The van der Waals surface area contributed by atoms with Crippen molar-refractivity contribution in [2.75, 3.05) is 13.2 Å². The number of likely N-dealkylation sites (tertiary alicyclic amines) is 1. The first-order valence-corrected chi connectivity index (χ1v) is 10.1. The average molecular weight is 388 g/mol. The van der Waals surface area contributed by atoms with E-state index in [-0.39, 0.29) is 36.8 Å². The van der Waals surface area contributed by atoms with Gasteiger partial charge in [0, 0.05) is 18.9 Å². The molecule has 4 atom stereocenters. The number of amides is 2. The topological polar surface area (TPSA) is 122 Å². The molecular weight excluding hydrogens is 350 g/mol. The minimum Gasteiger partial charge on any atom is -0.394 e. The van der Waals surface area contributed by atoms with E-state index < -0.39 is 18.2 Å². The van der Waals surface area contributed by atoms with Gasteiger partial charge in [-0.15, -0.1) is 0 Å². The summed E-state index contributed by atoms with van der Waals surface area (Å²) in [5, 5.41) is 30.9. The van der Waals surface area contributed by atoms with Gasteiger partial charge in [-0.3, -0.25) is 9.59 Å². The van der Waals surface area contributed by atoms with E-state index in [2.05, 4.69) is 12.2 Å². The fourth-order valence-electron chi connectivity index (χ4n) is 3.60. The highest BCUT2D eigenvalue weighted by Crippen LogP contribution is 2.21. The summed E-state index contributed by atoms with van der Waals surface area (Å²) >= 11 is 0. The van der Waals surface area contributed by atoms with Crippen LogP contribution in [0.1, 0.15) is 65.7 Å². The van der Waals surface area contributed by atoms with Gasteiger partial charge in [0.2, 0.25) is 11.8 Å². The van der Waals surface area contributed by atoms with Crippen LogP contribution < -0.4 is 10.8 Å². The SMILES string of the molecule is CCCCCC(CC(O)NO)C(=O)NC(C(=O)N1CCCC1CO)C(C)C. The molecule has 4 unspecified atom stereocenters. The van der Waals surface area contributed by atoms with E-state index in [0.717, 1.165) is 32.1 Å². The van der Waals surface area contributed by atoms with Crippen molar-refractivity contribution >= 4 is 11.8 Å². The number of nitrogens with one attached hydrogen (secondary N) is 2. The molecule has 0 aliphatic carbocycles. The predicted octanol–water partition coefficient (Wildman–Crippen LogP) is 0.994. The highest BCUT2D eigenvalue weighted by atomic mass is 16.5. The number of hydrogen-bond donors (Lipinski definition) is 5. The molecule has 0 bridgehead atoms. The summed E-state index contributed by atoms with van der Waals surface area (Å²) in [7, 11) is 0. The van der Waals surface area contributed by atoms with Crippen molar-refractivity contribution in [3.8, 4) is 0 Å². The number of aliphatic hydroxyl groups is 2. The van der Waals surface area contributed by atoms with Crippen molar-refractivity contribution in [1.82, 2.24) is 15.7 Å². The van der Waals surface area contributed by atoms with Gasteiger partial charge in [-0.25, -0.2) is 0 Å². The highest BCUT2D eigenvalue weighted by molar-refractivity contribution is 5.89. The van der Waals surface area contributed by atoms with Crippen LogP contribution in [0, 0.1) is 11.8 Å². The average Bonchev–Trinajstić information content (AvgIpc) is 3.13. The predicted molar refractivity (Wildman–Crippen MR) is 102 cm³/mol. The van der Waals surface area contributed by atoms with Crippen LogP contribution in [0.4, 0.5) is 0 Å². The first-order valence-electron chi connectivity index (χ1n) is 10.1.